The third-order valence-corrected chi connectivity index (χ3v) is 4.28. The van der Waals surface area contributed by atoms with Gasteiger partial charge in [0.2, 0.25) is 5.91 Å². The van der Waals surface area contributed by atoms with E-state index in [-0.39, 0.29) is 11.5 Å². The third kappa shape index (κ3) is 3.22. The summed E-state index contributed by atoms with van der Waals surface area (Å²) in [4.78, 5) is 13.6. The smallest absolute Gasteiger partial charge is 0.233 e. The number of carbonyl (C=O) groups excluding carboxylic acids is 1. The molecule has 2 aliphatic heterocycles. The van der Waals surface area contributed by atoms with Crippen molar-refractivity contribution in [2.24, 2.45) is 0 Å². The second-order valence-corrected chi connectivity index (χ2v) is 5.52. The maximum absolute atomic E-state index is 11.4. The summed E-state index contributed by atoms with van der Waals surface area (Å²) in [6, 6.07) is 0.467. The van der Waals surface area contributed by atoms with Crippen molar-refractivity contribution in [1.29, 1.82) is 0 Å². The first-order valence-corrected chi connectivity index (χ1v) is 6.91. The fourth-order valence-corrected chi connectivity index (χ4v) is 3.04. The zero-order chi connectivity index (χ0) is 13.0. The highest BCUT2D eigenvalue weighted by Gasteiger charge is 2.39. The van der Waals surface area contributed by atoms with Crippen molar-refractivity contribution in [3.8, 4) is 0 Å². The summed E-state index contributed by atoms with van der Waals surface area (Å²) in [5.74, 6) is 0.0864. The number of piperidine rings is 1. The maximum Gasteiger partial charge on any atom is 0.233 e. The normalized spacial score (nSPS) is 27.4. The molecule has 2 aliphatic rings. The third-order valence-electron chi connectivity index (χ3n) is 4.28. The number of hydrogen-bond acceptors (Lipinski definition) is 4. The minimum atomic E-state index is 0.0606. The van der Waals surface area contributed by atoms with Gasteiger partial charge in [-0.1, -0.05) is 0 Å². The number of rotatable bonds is 3. The van der Waals surface area contributed by atoms with Crippen molar-refractivity contribution >= 4 is 5.91 Å². The van der Waals surface area contributed by atoms with Gasteiger partial charge in [0.05, 0.1) is 12.1 Å². The van der Waals surface area contributed by atoms with Gasteiger partial charge in [0.1, 0.15) is 0 Å². The number of amides is 1. The van der Waals surface area contributed by atoms with Crippen molar-refractivity contribution < 1.29 is 9.53 Å². The molecule has 0 bridgehead atoms. The Morgan fingerprint density at radius 2 is 2.22 bits per heavy atom. The molecule has 18 heavy (non-hydrogen) atoms. The Kier molecular flexibility index (Phi) is 4.59. The molecule has 2 rings (SSSR count). The van der Waals surface area contributed by atoms with Crippen LogP contribution in [0.5, 0.6) is 0 Å². The zero-order valence-electron chi connectivity index (χ0n) is 11.5. The van der Waals surface area contributed by atoms with E-state index in [0.717, 1.165) is 45.4 Å². The molecule has 2 fully saturated rings. The van der Waals surface area contributed by atoms with Crippen molar-refractivity contribution in [2.45, 2.75) is 37.3 Å². The molecule has 0 radical (unpaired) electrons. The molecule has 5 nitrogen and oxygen atoms in total. The summed E-state index contributed by atoms with van der Waals surface area (Å²) in [5, 5.41) is 6.07. The minimum absolute atomic E-state index is 0.0606. The number of nitrogens with zero attached hydrogens (tertiary/aromatic N) is 1. The molecule has 0 saturated carbocycles. The molecule has 2 heterocycles. The molecule has 0 aliphatic carbocycles. The first-order valence-electron chi connectivity index (χ1n) is 6.91. The standard InChI is InChI=1S/C13H25N3O2/c1-14-12(17)10-16(2)11-3-8-18-13(9-11)4-6-15-7-5-13/h11,15H,3-10H2,1-2H3,(H,14,17). The molecule has 0 aromatic carbocycles. The molecule has 1 unspecified atom stereocenters. The van der Waals surface area contributed by atoms with E-state index >= 15 is 0 Å². The lowest BCUT2D eigenvalue weighted by atomic mass is 9.82. The fraction of sp³-hybridized carbons (Fsp3) is 0.923. The number of hydrogen-bond donors (Lipinski definition) is 2. The van der Waals surface area contributed by atoms with Gasteiger partial charge in [-0.25, -0.2) is 0 Å². The first-order chi connectivity index (χ1) is 8.65. The highest BCUT2D eigenvalue weighted by Crippen LogP contribution is 2.34. The second-order valence-electron chi connectivity index (χ2n) is 5.52. The van der Waals surface area contributed by atoms with Gasteiger partial charge in [-0.3, -0.25) is 9.69 Å². The van der Waals surface area contributed by atoms with Gasteiger partial charge in [-0.05, 0) is 45.8 Å². The Labute approximate surface area is 109 Å². The van der Waals surface area contributed by atoms with E-state index in [2.05, 4.69) is 15.5 Å². The fourth-order valence-electron chi connectivity index (χ4n) is 3.04. The molecular formula is C13H25N3O2. The lowest BCUT2D eigenvalue weighted by Gasteiger charge is -2.45. The highest BCUT2D eigenvalue weighted by atomic mass is 16.5. The van der Waals surface area contributed by atoms with Crippen LogP contribution in [0.4, 0.5) is 0 Å². The summed E-state index contributed by atoms with van der Waals surface area (Å²) in [7, 11) is 3.73. The van der Waals surface area contributed by atoms with Gasteiger partial charge in [0.25, 0.3) is 0 Å². The van der Waals surface area contributed by atoms with Crippen LogP contribution in [0.2, 0.25) is 0 Å². The SMILES string of the molecule is CNC(=O)CN(C)C1CCOC2(CCNCC2)C1. The average Bonchev–Trinajstić information content (AvgIpc) is 2.39. The van der Waals surface area contributed by atoms with E-state index in [9.17, 15) is 4.79 Å². The highest BCUT2D eigenvalue weighted by molar-refractivity contribution is 5.77. The Morgan fingerprint density at radius 1 is 1.50 bits per heavy atom. The molecular weight excluding hydrogens is 230 g/mol. The Bertz CT molecular complexity index is 284. The summed E-state index contributed by atoms with van der Waals surface area (Å²) in [6.45, 7) is 3.40. The van der Waals surface area contributed by atoms with Crippen LogP contribution in [0.15, 0.2) is 0 Å². The van der Waals surface area contributed by atoms with Gasteiger partial charge in [0.15, 0.2) is 0 Å². The quantitative estimate of drug-likeness (QED) is 0.743. The lowest BCUT2D eigenvalue weighted by Crippen LogP contribution is -2.53. The zero-order valence-corrected chi connectivity index (χ0v) is 11.5. The number of likely N-dealkylation sites (N-methyl/N-ethyl adjacent to an activating group) is 2. The molecule has 0 aromatic rings. The van der Waals surface area contributed by atoms with Crippen LogP contribution in [0, 0.1) is 0 Å². The van der Waals surface area contributed by atoms with Crippen LogP contribution in [0.25, 0.3) is 0 Å². The maximum atomic E-state index is 11.4. The van der Waals surface area contributed by atoms with Crippen LogP contribution in [-0.2, 0) is 9.53 Å². The Morgan fingerprint density at radius 3 is 2.89 bits per heavy atom. The molecule has 2 saturated heterocycles. The first kappa shape index (κ1) is 13.8. The summed E-state index contributed by atoms with van der Waals surface area (Å²) in [5.41, 5.74) is 0.0606. The van der Waals surface area contributed by atoms with Crippen LogP contribution in [0.3, 0.4) is 0 Å². The Hall–Kier alpha value is -0.650. The van der Waals surface area contributed by atoms with Crippen molar-refractivity contribution in [3.63, 3.8) is 0 Å². The summed E-state index contributed by atoms with van der Waals surface area (Å²) >= 11 is 0. The molecule has 2 N–H and O–H groups in total. The number of nitrogens with one attached hydrogen (secondary N) is 2. The van der Waals surface area contributed by atoms with Gasteiger partial charge >= 0.3 is 0 Å². The molecule has 1 spiro atoms. The summed E-state index contributed by atoms with van der Waals surface area (Å²) in [6.07, 6.45) is 4.28. The van der Waals surface area contributed by atoms with Crippen molar-refractivity contribution in [2.75, 3.05) is 40.3 Å². The monoisotopic (exact) mass is 255 g/mol. The van der Waals surface area contributed by atoms with E-state index in [1.807, 2.05) is 7.05 Å². The molecule has 1 amide bonds. The lowest BCUT2D eigenvalue weighted by molar-refractivity contribution is -0.129. The van der Waals surface area contributed by atoms with E-state index in [1.165, 1.54) is 0 Å². The van der Waals surface area contributed by atoms with E-state index in [0.29, 0.717) is 12.6 Å². The van der Waals surface area contributed by atoms with E-state index in [4.69, 9.17) is 4.74 Å². The molecule has 1 atom stereocenters. The van der Waals surface area contributed by atoms with Crippen LogP contribution >= 0.6 is 0 Å². The summed E-state index contributed by atoms with van der Waals surface area (Å²) < 4.78 is 6.05. The van der Waals surface area contributed by atoms with Gasteiger partial charge < -0.3 is 15.4 Å². The largest absolute Gasteiger partial charge is 0.375 e. The minimum Gasteiger partial charge on any atom is -0.375 e. The van der Waals surface area contributed by atoms with Gasteiger partial charge in [-0.2, -0.15) is 0 Å². The van der Waals surface area contributed by atoms with Gasteiger partial charge in [-0.15, -0.1) is 0 Å². The van der Waals surface area contributed by atoms with Gasteiger partial charge in [0, 0.05) is 19.7 Å². The van der Waals surface area contributed by atoms with E-state index in [1.54, 1.807) is 7.05 Å². The molecule has 0 aromatic heterocycles. The van der Waals surface area contributed by atoms with Crippen LogP contribution in [0.1, 0.15) is 25.7 Å². The topological polar surface area (TPSA) is 53.6 Å². The predicted molar refractivity (Wildman–Crippen MR) is 70.5 cm³/mol. The van der Waals surface area contributed by atoms with Crippen LogP contribution in [-0.4, -0.2) is 62.8 Å². The van der Waals surface area contributed by atoms with Crippen molar-refractivity contribution in [3.05, 3.63) is 0 Å². The number of carbonyl (C=O) groups is 1. The second kappa shape index (κ2) is 5.99. The average molecular weight is 255 g/mol. The number of ether oxygens (including phenoxy) is 1. The van der Waals surface area contributed by atoms with Crippen LogP contribution < -0.4 is 10.6 Å². The Balaban J connectivity index is 1.91. The van der Waals surface area contributed by atoms with E-state index < -0.39 is 0 Å². The van der Waals surface area contributed by atoms with Crippen molar-refractivity contribution in [1.82, 2.24) is 15.5 Å². The predicted octanol–water partition coefficient (Wildman–Crippen LogP) is -0.0346. The molecule has 5 heteroatoms. The molecule has 104 valence electrons.